The van der Waals surface area contributed by atoms with E-state index in [1.165, 1.54) is 12.1 Å². The Hall–Kier alpha value is -2.81. The second-order valence-electron chi connectivity index (χ2n) is 8.32. The fourth-order valence-corrected chi connectivity index (χ4v) is 5.16. The molecule has 2 radical (unpaired) electrons. The van der Waals surface area contributed by atoms with Gasteiger partial charge in [-0.15, -0.1) is 0 Å². The zero-order chi connectivity index (χ0) is 26.9. The molecule has 2 N–H and O–H groups in total. The number of nitrogens with zero attached hydrogens (tertiary/aromatic N) is 3. The van der Waals surface area contributed by atoms with Crippen molar-refractivity contribution < 1.29 is 27.9 Å². The van der Waals surface area contributed by atoms with Crippen LogP contribution in [0.5, 0.6) is 0 Å². The van der Waals surface area contributed by atoms with E-state index in [4.69, 9.17) is 23.2 Å². The number of hydrogen-bond acceptors (Lipinski definition) is 6. The van der Waals surface area contributed by atoms with Gasteiger partial charge in [0.15, 0.2) is 0 Å². The van der Waals surface area contributed by atoms with E-state index < -0.39 is 23.5 Å². The third-order valence-electron chi connectivity index (χ3n) is 5.76. The number of carbonyl (C=O) groups excluding carboxylic acids is 1. The summed E-state index contributed by atoms with van der Waals surface area (Å²) in [4.78, 5) is 34.1. The normalized spacial score (nSPS) is 15.9. The molecular formula is C24H18AsCl2F3N4O3. The number of benzene rings is 1. The van der Waals surface area contributed by atoms with Crippen molar-refractivity contribution in [3.05, 3.63) is 63.6 Å². The Bertz CT molecular complexity index is 1370. The first-order valence-electron chi connectivity index (χ1n) is 11.0. The van der Waals surface area contributed by atoms with E-state index in [1.807, 2.05) is 21.8 Å². The van der Waals surface area contributed by atoms with Crippen molar-refractivity contribution in [2.45, 2.75) is 25.1 Å². The summed E-state index contributed by atoms with van der Waals surface area (Å²) in [7, 11) is 0. The number of halogens is 5. The number of anilines is 2. The van der Waals surface area contributed by atoms with Gasteiger partial charge in [0.25, 0.3) is 0 Å². The predicted octanol–water partition coefficient (Wildman–Crippen LogP) is 4.77. The first-order valence-corrected chi connectivity index (χ1v) is 12.7. The van der Waals surface area contributed by atoms with Crippen LogP contribution in [-0.2, 0) is 0 Å². The van der Waals surface area contributed by atoms with Gasteiger partial charge in [0.05, 0.1) is 0 Å². The van der Waals surface area contributed by atoms with Crippen LogP contribution in [-0.4, -0.2) is 69.0 Å². The van der Waals surface area contributed by atoms with Crippen LogP contribution in [0, 0.1) is 0 Å². The average molecular weight is 613 g/mol. The minimum absolute atomic E-state index is 0.0239. The van der Waals surface area contributed by atoms with E-state index in [2.05, 4.69) is 15.3 Å². The topological polar surface area (TPSA) is 95.4 Å². The Balaban J connectivity index is 1.58. The number of carboxylic acids is 1. The van der Waals surface area contributed by atoms with Crippen LogP contribution in [0.4, 0.5) is 24.8 Å². The molecule has 0 spiro atoms. The van der Waals surface area contributed by atoms with Crippen LogP contribution in [0.25, 0.3) is 11.3 Å². The van der Waals surface area contributed by atoms with E-state index in [1.54, 1.807) is 24.3 Å². The molecule has 4 rings (SSSR count). The molecule has 1 fully saturated rings. The molecule has 7 nitrogen and oxygen atoms in total. The fourth-order valence-electron chi connectivity index (χ4n) is 4.06. The van der Waals surface area contributed by atoms with E-state index in [-0.39, 0.29) is 21.9 Å². The Morgan fingerprint density at radius 2 is 1.81 bits per heavy atom. The molecule has 0 amide bonds. The molecule has 1 aliphatic rings. The average Bonchev–Trinajstić information content (AvgIpc) is 2.83. The molecule has 1 aromatic carbocycles. The molecule has 1 unspecified atom stereocenters. The number of carboxylic acid groups (broad SMARTS) is 1. The van der Waals surface area contributed by atoms with Gasteiger partial charge in [-0.2, -0.15) is 0 Å². The number of carbonyl (C=O) groups is 2. The van der Waals surface area contributed by atoms with E-state index >= 15 is 0 Å². The molecule has 1 saturated heterocycles. The van der Waals surface area contributed by atoms with Crippen LogP contribution in [0.15, 0.2) is 42.5 Å². The van der Waals surface area contributed by atoms with Crippen molar-refractivity contribution in [2.24, 2.45) is 0 Å². The molecule has 3 aromatic rings. The summed E-state index contributed by atoms with van der Waals surface area (Å²) in [6.45, 7) is 0.912. The van der Waals surface area contributed by atoms with Gasteiger partial charge >= 0.3 is 189 Å². The van der Waals surface area contributed by atoms with Gasteiger partial charge in [0, 0.05) is 5.02 Å². The van der Waals surface area contributed by atoms with E-state index in [9.17, 15) is 27.9 Å². The molecule has 37 heavy (non-hydrogen) atoms. The summed E-state index contributed by atoms with van der Waals surface area (Å²) in [5, 5.41) is 13.8. The van der Waals surface area contributed by atoms with Crippen molar-refractivity contribution in [3.63, 3.8) is 0 Å². The number of aromatic nitrogens is 2. The van der Waals surface area contributed by atoms with Crippen LogP contribution < -0.4 is 14.7 Å². The number of pyridine rings is 2. The summed E-state index contributed by atoms with van der Waals surface area (Å²) in [5.74, 6) is -2.52. The van der Waals surface area contributed by atoms with E-state index in [0.717, 1.165) is 6.07 Å². The molecule has 0 bridgehead atoms. The molecule has 192 valence electrons. The Labute approximate surface area is 228 Å². The first-order chi connectivity index (χ1) is 17.4. The van der Waals surface area contributed by atoms with Crippen molar-refractivity contribution in [2.75, 3.05) is 23.3 Å². The van der Waals surface area contributed by atoms with Crippen molar-refractivity contribution in [1.82, 2.24) is 9.97 Å². The molecular weight excluding hydrogens is 595 g/mol. The van der Waals surface area contributed by atoms with Crippen LogP contribution in [0.3, 0.4) is 0 Å². The van der Waals surface area contributed by atoms with Gasteiger partial charge in [-0.05, 0) is 12.1 Å². The number of ketones is 1. The van der Waals surface area contributed by atoms with Gasteiger partial charge < -0.3 is 0 Å². The molecule has 13 heteroatoms. The number of rotatable bonds is 6. The van der Waals surface area contributed by atoms with Gasteiger partial charge in [-0.3, -0.25) is 0 Å². The predicted molar refractivity (Wildman–Crippen MR) is 136 cm³/mol. The molecule has 0 aliphatic carbocycles. The molecule has 1 aliphatic heterocycles. The molecule has 1 atom stereocenters. The SMILES string of the molecule is O=C(O)c1ccc(-c2ccc(Cl)cc2Cl)nc1N1CCCC(Nc2ccc(C(=O)C(F)(F)F)c([As])n2)C1. The molecule has 3 heterocycles. The second-order valence-corrected chi connectivity index (χ2v) is 10.1. The number of nitrogens with one attached hydrogen (secondary N) is 1. The van der Waals surface area contributed by atoms with E-state index in [0.29, 0.717) is 53.1 Å². The Kier molecular flexibility index (Phi) is 8.02. The summed E-state index contributed by atoms with van der Waals surface area (Å²) in [6, 6.07) is 10.2. The van der Waals surface area contributed by atoms with Crippen molar-refractivity contribution >= 4 is 67.9 Å². The summed E-state index contributed by atoms with van der Waals surface area (Å²) in [6.07, 6.45) is -3.58. The van der Waals surface area contributed by atoms with Crippen molar-refractivity contribution in [3.8, 4) is 11.3 Å². The summed E-state index contributed by atoms with van der Waals surface area (Å²) < 4.78 is 38.3. The molecule has 2 aromatic heterocycles. The second kappa shape index (κ2) is 10.9. The Morgan fingerprint density at radius 1 is 1.08 bits per heavy atom. The Morgan fingerprint density at radius 3 is 2.46 bits per heavy atom. The third-order valence-corrected chi connectivity index (χ3v) is 7.03. The number of piperidine rings is 1. The van der Waals surface area contributed by atoms with Gasteiger partial charge in [0.1, 0.15) is 0 Å². The van der Waals surface area contributed by atoms with Gasteiger partial charge in [0.2, 0.25) is 0 Å². The van der Waals surface area contributed by atoms with Crippen LogP contribution in [0.1, 0.15) is 33.6 Å². The van der Waals surface area contributed by atoms with Crippen LogP contribution in [0.2, 0.25) is 10.0 Å². The summed E-state index contributed by atoms with van der Waals surface area (Å²) >= 11 is 14.2. The molecule has 0 saturated carbocycles. The zero-order valence-electron chi connectivity index (χ0n) is 18.9. The first kappa shape index (κ1) is 27.2. The van der Waals surface area contributed by atoms with Crippen LogP contribution >= 0.6 is 23.2 Å². The number of Topliss-reactive ketones (excluding diaryl/α,β-unsaturated/α-hetero) is 1. The zero-order valence-corrected chi connectivity index (χ0v) is 22.3. The van der Waals surface area contributed by atoms with Gasteiger partial charge in [-0.1, -0.05) is 23.2 Å². The van der Waals surface area contributed by atoms with Gasteiger partial charge in [-0.25, -0.2) is 0 Å². The summed E-state index contributed by atoms with van der Waals surface area (Å²) in [5.41, 5.74) is 0.575. The maximum absolute atomic E-state index is 12.8. The number of alkyl halides is 3. The van der Waals surface area contributed by atoms with Crippen molar-refractivity contribution in [1.29, 1.82) is 0 Å². The third kappa shape index (κ3) is 6.19. The number of hydrogen-bond donors (Lipinski definition) is 2. The monoisotopic (exact) mass is 612 g/mol. The maximum atomic E-state index is 12.8. The minimum atomic E-state index is -4.99. The fraction of sp³-hybridized carbons (Fsp3) is 0.250. The number of aromatic carboxylic acids is 1. The standard InChI is InChI=1S/C24H18AsCl2F3N4O3/c25-21-15(20(35)24(28,29)30)6-8-19(33-21)31-13-2-1-9-34(11-13)22-16(23(36)37)5-7-18(32-22)14-4-3-12(26)10-17(14)27/h3-8,10,13H,1-2,9,11H2,(H,31,33)(H,36,37). The quantitative estimate of drug-likeness (QED) is 0.306.